The fourth-order valence-electron chi connectivity index (χ4n) is 1.50. The van der Waals surface area contributed by atoms with E-state index in [0.717, 1.165) is 11.3 Å². The highest BCUT2D eigenvalue weighted by Crippen LogP contribution is 2.11. The van der Waals surface area contributed by atoms with Crippen LogP contribution in [0.3, 0.4) is 0 Å². The normalized spacial score (nSPS) is 10.2. The molecule has 2 aromatic rings. The van der Waals surface area contributed by atoms with E-state index < -0.39 is 0 Å². The molecule has 1 aromatic carbocycles. The van der Waals surface area contributed by atoms with Crippen LogP contribution in [0.2, 0.25) is 0 Å². The van der Waals surface area contributed by atoms with Gasteiger partial charge in [-0.25, -0.2) is 0 Å². The van der Waals surface area contributed by atoms with Gasteiger partial charge < -0.3 is 15.8 Å². The molecule has 100 valence electrons. The molecule has 7 nitrogen and oxygen atoms in total. The molecule has 0 fully saturated rings. The minimum atomic E-state index is -0.364. The van der Waals surface area contributed by atoms with Crippen LogP contribution in [-0.2, 0) is 0 Å². The van der Waals surface area contributed by atoms with Crippen LogP contribution in [0.15, 0.2) is 24.3 Å². The summed E-state index contributed by atoms with van der Waals surface area (Å²) in [6.07, 6.45) is 0. The van der Waals surface area contributed by atoms with E-state index >= 15 is 0 Å². The third-order valence-corrected chi connectivity index (χ3v) is 2.36. The van der Waals surface area contributed by atoms with Crippen molar-refractivity contribution in [2.24, 2.45) is 0 Å². The molecule has 7 heteroatoms. The van der Waals surface area contributed by atoms with Crippen LogP contribution < -0.4 is 15.8 Å². The highest BCUT2D eigenvalue weighted by molar-refractivity contribution is 5.90. The van der Waals surface area contributed by atoms with Gasteiger partial charge in [0.15, 0.2) is 0 Å². The maximum Gasteiger partial charge on any atom is 0.288 e. The van der Waals surface area contributed by atoms with E-state index in [1.54, 1.807) is 0 Å². The van der Waals surface area contributed by atoms with E-state index in [9.17, 15) is 4.79 Å². The molecule has 0 saturated carbocycles. The third-order valence-electron chi connectivity index (χ3n) is 2.36. The molecule has 0 aliphatic rings. The van der Waals surface area contributed by atoms with Gasteiger partial charge in [0.05, 0.1) is 6.54 Å². The fraction of sp³-hybridized carbons (Fsp3) is 0.250. The molecule has 0 radical (unpaired) electrons. The van der Waals surface area contributed by atoms with E-state index in [1.807, 2.05) is 31.2 Å². The molecule has 0 unspecified atom stereocenters. The van der Waals surface area contributed by atoms with E-state index in [2.05, 4.69) is 20.5 Å². The number of benzene rings is 1. The highest BCUT2D eigenvalue weighted by Gasteiger charge is 2.09. The van der Waals surface area contributed by atoms with Crippen molar-refractivity contribution in [1.82, 2.24) is 20.5 Å². The molecule has 19 heavy (non-hydrogen) atoms. The maximum absolute atomic E-state index is 11.6. The lowest BCUT2D eigenvalue weighted by atomic mass is 10.2. The first-order valence-electron chi connectivity index (χ1n) is 5.80. The quantitative estimate of drug-likeness (QED) is 0.680. The molecule has 1 aromatic heterocycles. The third kappa shape index (κ3) is 3.70. The second-order valence-corrected chi connectivity index (χ2v) is 3.96. The number of hydrogen-bond acceptors (Lipinski definition) is 5. The monoisotopic (exact) mass is 261 g/mol. The van der Waals surface area contributed by atoms with Crippen molar-refractivity contribution in [3.8, 4) is 5.75 Å². The molecule has 0 aliphatic carbocycles. The number of carbonyl (C=O) groups is 1. The SMILES string of the molecule is Cc1cccc(OCCNC(=O)c2nc(N)n[nH]2)c1. The van der Waals surface area contributed by atoms with Crippen molar-refractivity contribution in [1.29, 1.82) is 0 Å². The van der Waals surface area contributed by atoms with Crippen LogP contribution in [0, 0.1) is 6.92 Å². The van der Waals surface area contributed by atoms with E-state index in [-0.39, 0.29) is 17.7 Å². The summed E-state index contributed by atoms with van der Waals surface area (Å²) < 4.78 is 5.49. The number of carbonyl (C=O) groups excluding carboxylic acids is 1. The zero-order chi connectivity index (χ0) is 13.7. The smallest absolute Gasteiger partial charge is 0.288 e. The molecule has 4 N–H and O–H groups in total. The number of rotatable bonds is 5. The maximum atomic E-state index is 11.6. The van der Waals surface area contributed by atoms with Gasteiger partial charge in [0.25, 0.3) is 5.91 Å². The number of nitrogens with two attached hydrogens (primary N) is 1. The minimum absolute atomic E-state index is 0.0427. The Bertz CT molecular complexity index is 567. The van der Waals surface area contributed by atoms with Gasteiger partial charge in [-0.1, -0.05) is 12.1 Å². The van der Waals surface area contributed by atoms with Crippen LogP contribution in [0.1, 0.15) is 16.2 Å². The number of aryl methyl sites for hydroxylation is 1. The molecule has 0 saturated heterocycles. The molecular formula is C12H15N5O2. The van der Waals surface area contributed by atoms with Gasteiger partial charge in [0.2, 0.25) is 11.8 Å². The van der Waals surface area contributed by atoms with Gasteiger partial charge in [0.1, 0.15) is 12.4 Å². The Morgan fingerprint density at radius 2 is 2.37 bits per heavy atom. The number of H-pyrrole nitrogens is 1. The molecule has 0 bridgehead atoms. The highest BCUT2D eigenvalue weighted by atomic mass is 16.5. The Balaban J connectivity index is 1.74. The minimum Gasteiger partial charge on any atom is -0.492 e. The summed E-state index contributed by atoms with van der Waals surface area (Å²) in [5.41, 5.74) is 6.43. The van der Waals surface area contributed by atoms with Crippen molar-refractivity contribution in [2.45, 2.75) is 6.92 Å². The number of nitrogens with zero attached hydrogens (tertiary/aromatic N) is 2. The number of nitrogens with one attached hydrogen (secondary N) is 2. The predicted molar refractivity (Wildman–Crippen MR) is 69.8 cm³/mol. The molecule has 2 rings (SSSR count). The Kier molecular flexibility index (Phi) is 3.97. The largest absolute Gasteiger partial charge is 0.492 e. The zero-order valence-corrected chi connectivity index (χ0v) is 10.5. The molecular weight excluding hydrogens is 246 g/mol. The summed E-state index contributed by atoms with van der Waals surface area (Å²) in [7, 11) is 0. The predicted octanol–water partition coefficient (Wildman–Crippen LogP) is 0.504. The standard InChI is InChI=1S/C12H15N5O2/c1-8-3-2-4-9(7-8)19-6-5-14-11(18)10-15-12(13)17-16-10/h2-4,7H,5-6H2,1H3,(H,14,18)(H3,13,15,16,17). The number of aromatic amines is 1. The molecule has 0 atom stereocenters. The Labute approximate surface area is 110 Å². The summed E-state index contributed by atoms with van der Waals surface area (Å²) in [4.78, 5) is 15.3. The van der Waals surface area contributed by atoms with Crippen molar-refractivity contribution < 1.29 is 9.53 Å². The molecule has 0 spiro atoms. The van der Waals surface area contributed by atoms with E-state index in [1.165, 1.54) is 0 Å². The van der Waals surface area contributed by atoms with E-state index in [0.29, 0.717) is 13.2 Å². The number of nitrogen functional groups attached to an aromatic ring is 1. The first-order valence-corrected chi connectivity index (χ1v) is 5.80. The Hall–Kier alpha value is -2.57. The van der Waals surface area contributed by atoms with Crippen LogP contribution in [0.25, 0.3) is 0 Å². The van der Waals surface area contributed by atoms with Crippen molar-refractivity contribution in [3.05, 3.63) is 35.7 Å². The van der Waals surface area contributed by atoms with Crippen LogP contribution in [0.5, 0.6) is 5.75 Å². The van der Waals surface area contributed by atoms with Gasteiger partial charge in [-0.15, -0.1) is 5.10 Å². The average molecular weight is 261 g/mol. The van der Waals surface area contributed by atoms with Crippen LogP contribution in [-0.4, -0.2) is 34.2 Å². The van der Waals surface area contributed by atoms with Crippen molar-refractivity contribution >= 4 is 11.9 Å². The van der Waals surface area contributed by atoms with Crippen molar-refractivity contribution in [3.63, 3.8) is 0 Å². The van der Waals surface area contributed by atoms with Crippen LogP contribution in [0.4, 0.5) is 5.95 Å². The number of anilines is 1. The average Bonchev–Trinajstić information content (AvgIpc) is 2.81. The van der Waals surface area contributed by atoms with Gasteiger partial charge in [-0.2, -0.15) is 4.98 Å². The van der Waals surface area contributed by atoms with Gasteiger partial charge in [-0.3, -0.25) is 9.89 Å². The lowest BCUT2D eigenvalue weighted by Crippen LogP contribution is -2.29. The Morgan fingerprint density at radius 1 is 1.53 bits per heavy atom. The second kappa shape index (κ2) is 5.85. The second-order valence-electron chi connectivity index (χ2n) is 3.96. The number of aromatic nitrogens is 3. The lowest BCUT2D eigenvalue weighted by Gasteiger charge is -2.07. The summed E-state index contributed by atoms with van der Waals surface area (Å²) in [6, 6.07) is 7.70. The summed E-state index contributed by atoms with van der Waals surface area (Å²) in [5.74, 6) is 0.546. The van der Waals surface area contributed by atoms with Gasteiger partial charge in [-0.05, 0) is 24.6 Å². The summed E-state index contributed by atoms with van der Waals surface area (Å²) >= 11 is 0. The number of ether oxygens (including phenoxy) is 1. The van der Waals surface area contributed by atoms with Gasteiger partial charge >= 0.3 is 0 Å². The summed E-state index contributed by atoms with van der Waals surface area (Å²) in [5, 5.41) is 8.65. The van der Waals surface area contributed by atoms with Crippen LogP contribution >= 0.6 is 0 Å². The summed E-state index contributed by atoms with van der Waals surface area (Å²) in [6.45, 7) is 2.73. The topological polar surface area (TPSA) is 106 Å². The first kappa shape index (κ1) is 12.9. The number of amides is 1. The fourth-order valence-corrected chi connectivity index (χ4v) is 1.50. The Morgan fingerprint density at radius 3 is 3.05 bits per heavy atom. The first-order chi connectivity index (χ1) is 9.15. The lowest BCUT2D eigenvalue weighted by molar-refractivity contribution is 0.0937. The zero-order valence-electron chi connectivity index (χ0n) is 10.5. The molecule has 0 aliphatic heterocycles. The number of hydrogen-bond donors (Lipinski definition) is 3. The van der Waals surface area contributed by atoms with Crippen molar-refractivity contribution in [2.75, 3.05) is 18.9 Å². The van der Waals surface area contributed by atoms with Gasteiger partial charge in [0, 0.05) is 0 Å². The molecule has 1 amide bonds. The molecule has 1 heterocycles. The van der Waals surface area contributed by atoms with E-state index in [4.69, 9.17) is 10.5 Å².